The Kier molecular flexibility index (Phi) is 3.49. The molecule has 0 aromatic carbocycles. The summed E-state index contributed by atoms with van der Waals surface area (Å²) in [5.74, 6) is 0.325. The number of hydrogen-bond donors (Lipinski definition) is 2. The predicted octanol–water partition coefficient (Wildman–Crippen LogP) is -0.342. The molecule has 1 unspecified atom stereocenters. The van der Waals surface area contributed by atoms with Crippen LogP contribution in [0.4, 0.5) is 0 Å². The highest BCUT2D eigenvalue weighted by molar-refractivity contribution is 7.92. The number of nitrogens with one attached hydrogen (secondary N) is 2. The Bertz CT molecular complexity index is 287. The highest BCUT2D eigenvalue weighted by Crippen LogP contribution is 2.18. The molecule has 0 amide bonds. The smallest absolute Gasteiger partial charge is 0.166 e. The molecule has 0 spiro atoms. The lowest BCUT2D eigenvalue weighted by atomic mass is 10.2. The highest BCUT2D eigenvalue weighted by Gasteiger charge is 2.30. The Morgan fingerprint density at radius 2 is 2.31 bits per heavy atom. The molecule has 1 heterocycles. The lowest BCUT2D eigenvalue weighted by Crippen LogP contribution is -2.39. The fraction of sp³-hybridized carbons (Fsp3) is 0.857. The molecular weight excluding hydrogens is 208 g/mol. The van der Waals surface area contributed by atoms with Crippen LogP contribution in [0.15, 0.2) is 0 Å². The molecule has 0 saturated carbocycles. The van der Waals surface area contributed by atoms with E-state index in [1.807, 2.05) is 0 Å². The summed E-state index contributed by atoms with van der Waals surface area (Å²) in [6, 6.07) is 0. The van der Waals surface area contributed by atoms with Crippen LogP contribution in [0.1, 0.15) is 12.8 Å². The van der Waals surface area contributed by atoms with Crippen molar-refractivity contribution in [1.29, 1.82) is 0 Å². The molecule has 1 saturated heterocycles. The first-order valence-electron chi connectivity index (χ1n) is 4.23. The van der Waals surface area contributed by atoms with Gasteiger partial charge >= 0.3 is 0 Å². The van der Waals surface area contributed by atoms with Gasteiger partial charge in [-0.3, -0.25) is 0 Å². The normalized spacial score (nSPS) is 25.5. The van der Waals surface area contributed by atoms with Crippen molar-refractivity contribution in [3.05, 3.63) is 0 Å². The SMILES string of the molecule is CNC(=S)NCC1CCCS1(=O)=O. The maximum Gasteiger partial charge on any atom is 0.166 e. The van der Waals surface area contributed by atoms with E-state index in [0.717, 1.165) is 12.8 Å². The van der Waals surface area contributed by atoms with E-state index in [0.29, 0.717) is 17.4 Å². The van der Waals surface area contributed by atoms with Gasteiger partial charge in [0.05, 0.1) is 11.0 Å². The van der Waals surface area contributed by atoms with Gasteiger partial charge in [-0.15, -0.1) is 0 Å². The van der Waals surface area contributed by atoms with E-state index in [1.165, 1.54) is 0 Å². The van der Waals surface area contributed by atoms with Crippen molar-refractivity contribution >= 4 is 27.2 Å². The van der Waals surface area contributed by atoms with Crippen molar-refractivity contribution in [2.24, 2.45) is 0 Å². The van der Waals surface area contributed by atoms with E-state index in [4.69, 9.17) is 12.2 Å². The van der Waals surface area contributed by atoms with Crippen LogP contribution in [-0.4, -0.2) is 38.1 Å². The summed E-state index contributed by atoms with van der Waals surface area (Å²) in [7, 11) is -1.13. The van der Waals surface area contributed by atoms with Crippen LogP contribution in [0.2, 0.25) is 0 Å². The fourth-order valence-corrected chi connectivity index (χ4v) is 3.23. The molecule has 1 aliphatic heterocycles. The lowest BCUT2D eigenvalue weighted by Gasteiger charge is -2.11. The molecule has 4 nitrogen and oxygen atoms in total. The summed E-state index contributed by atoms with van der Waals surface area (Å²) >= 11 is 4.85. The maximum atomic E-state index is 11.4. The van der Waals surface area contributed by atoms with Crippen molar-refractivity contribution < 1.29 is 8.42 Å². The molecule has 13 heavy (non-hydrogen) atoms. The van der Waals surface area contributed by atoms with Crippen LogP contribution in [-0.2, 0) is 9.84 Å². The predicted molar refractivity (Wildman–Crippen MR) is 56.5 cm³/mol. The molecule has 1 atom stereocenters. The second-order valence-electron chi connectivity index (χ2n) is 3.09. The topological polar surface area (TPSA) is 58.2 Å². The summed E-state index contributed by atoms with van der Waals surface area (Å²) < 4.78 is 22.7. The van der Waals surface area contributed by atoms with Gasteiger partial charge in [0.1, 0.15) is 0 Å². The van der Waals surface area contributed by atoms with Gasteiger partial charge in [-0.2, -0.15) is 0 Å². The molecule has 2 N–H and O–H groups in total. The van der Waals surface area contributed by atoms with Gasteiger partial charge in [-0.25, -0.2) is 8.42 Å². The van der Waals surface area contributed by atoms with Gasteiger partial charge in [0, 0.05) is 13.6 Å². The number of thiocarbonyl (C=S) groups is 1. The zero-order chi connectivity index (χ0) is 9.90. The van der Waals surface area contributed by atoms with Crippen LogP contribution >= 0.6 is 12.2 Å². The van der Waals surface area contributed by atoms with Crippen LogP contribution in [0, 0.1) is 0 Å². The molecule has 0 aliphatic carbocycles. The maximum absolute atomic E-state index is 11.4. The monoisotopic (exact) mass is 222 g/mol. The standard InChI is InChI=1S/C7H14N2O2S2/c1-8-7(12)9-5-6-3-2-4-13(6,10)11/h6H,2-5H2,1H3,(H2,8,9,12). The van der Waals surface area contributed by atoms with Crippen LogP contribution < -0.4 is 10.6 Å². The molecule has 1 fully saturated rings. The Balaban J connectivity index is 2.42. The van der Waals surface area contributed by atoms with E-state index in [2.05, 4.69) is 10.6 Å². The van der Waals surface area contributed by atoms with Crippen molar-refractivity contribution in [1.82, 2.24) is 10.6 Å². The van der Waals surface area contributed by atoms with E-state index < -0.39 is 9.84 Å². The van der Waals surface area contributed by atoms with E-state index in [9.17, 15) is 8.42 Å². The largest absolute Gasteiger partial charge is 0.366 e. The molecule has 0 aromatic heterocycles. The third kappa shape index (κ3) is 2.80. The van der Waals surface area contributed by atoms with Gasteiger partial charge in [0.25, 0.3) is 0 Å². The van der Waals surface area contributed by atoms with Crippen molar-refractivity contribution in [3.8, 4) is 0 Å². The summed E-state index contributed by atoms with van der Waals surface area (Å²) in [6.45, 7) is 0.433. The number of sulfone groups is 1. The zero-order valence-electron chi connectivity index (χ0n) is 7.54. The first-order valence-corrected chi connectivity index (χ1v) is 6.36. The minimum atomic E-state index is -2.84. The average molecular weight is 222 g/mol. The molecule has 6 heteroatoms. The van der Waals surface area contributed by atoms with Crippen LogP contribution in [0.25, 0.3) is 0 Å². The van der Waals surface area contributed by atoms with Gasteiger partial charge in [0.2, 0.25) is 0 Å². The third-order valence-corrected chi connectivity index (χ3v) is 4.80. The minimum absolute atomic E-state index is 0.251. The second-order valence-corrected chi connectivity index (χ2v) is 5.90. The quantitative estimate of drug-likeness (QED) is 0.626. The number of rotatable bonds is 2. The molecule has 0 aromatic rings. The minimum Gasteiger partial charge on any atom is -0.366 e. The lowest BCUT2D eigenvalue weighted by molar-refractivity contribution is 0.586. The van der Waals surface area contributed by atoms with Crippen LogP contribution in [0.3, 0.4) is 0 Å². The second kappa shape index (κ2) is 4.23. The first-order chi connectivity index (χ1) is 6.06. The van der Waals surface area contributed by atoms with E-state index >= 15 is 0 Å². The van der Waals surface area contributed by atoms with Crippen molar-refractivity contribution in [2.45, 2.75) is 18.1 Å². The van der Waals surface area contributed by atoms with E-state index in [1.54, 1.807) is 7.05 Å². The number of hydrogen-bond acceptors (Lipinski definition) is 3. The molecule has 1 rings (SSSR count). The van der Waals surface area contributed by atoms with Crippen LogP contribution in [0.5, 0.6) is 0 Å². The Morgan fingerprint density at radius 3 is 2.77 bits per heavy atom. The van der Waals surface area contributed by atoms with Crippen molar-refractivity contribution in [3.63, 3.8) is 0 Å². The Morgan fingerprint density at radius 1 is 1.62 bits per heavy atom. The average Bonchev–Trinajstić information content (AvgIpc) is 2.41. The zero-order valence-corrected chi connectivity index (χ0v) is 9.17. The third-order valence-electron chi connectivity index (χ3n) is 2.18. The first kappa shape index (κ1) is 10.7. The fourth-order valence-electron chi connectivity index (χ4n) is 1.38. The summed E-state index contributed by atoms with van der Waals surface area (Å²) in [6.07, 6.45) is 1.53. The summed E-state index contributed by atoms with van der Waals surface area (Å²) in [5, 5.41) is 5.86. The Labute approximate surface area is 84.0 Å². The molecular formula is C7H14N2O2S2. The van der Waals surface area contributed by atoms with Gasteiger partial charge < -0.3 is 10.6 Å². The van der Waals surface area contributed by atoms with Gasteiger partial charge in [0.15, 0.2) is 14.9 Å². The Hall–Kier alpha value is -0.360. The van der Waals surface area contributed by atoms with E-state index in [-0.39, 0.29) is 5.25 Å². The highest BCUT2D eigenvalue weighted by atomic mass is 32.2. The van der Waals surface area contributed by atoms with Gasteiger partial charge in [-0.05, 0) is 25.1 Å². The molecule has 0 bridgehead atoms. The summed E-state index contributed by atoms with van der Waals surface area (Å²) in [4.78, 5) is 0. The van der Waals surface area contributed by atoms with Crippen molar-refractivity contribution in [2.75, 3.05) is 19.3 Å². The van der Waals surface area contributed by atoms with Gasteiger partial charge in [-0.1, -0.05) is 0 Å². The summed E-state index contributed by atoms with van der Waals surface area (Å²) in [5.41, 5.74) is 0. The molecule has 1 aliphatic rings. The molecule has 0 radical (unpaired) electrons. The molecule has 76 valence electrons.